The zero-order chi connectivity index (χ0) is 15.0. The number of nitrogens with zero attached hydrogens (tertiary/aromatic N) is 1. The third kappa shape index (κ3) is 7.18. The van der Waals surface area contributed by atoms with Crippen LogP contribution < -0.4 is 10.0 Å². The lowest BCUT2D eigenvalue weighted by atomic mass is 10.0. The van der Waals surface area contributed by atoms with Gasteiger partial charge in [-0.3, -0.25) is 9.69 Å². The molecule has 0 aliphatic carbocycles. The van der Waals surface area contributed by atoms with E-state index in [4.69, 9.17) is 0 Å². The normalized spacial score (nSPS) is 20.8. The summed E-state index contributed by atoms with van der Waals surface area (Å²) in [4.78, 5) is 13.6. The van der Waals surface area contributed by atoms with Crippen LogP contribution in [0.3, 0.4) is 0 Å². The predicted molar refractivity (Wildman–Crippen MR) is 76.8 cm³/mol. The first-order chi connectivity index (χ1) is 9.42. The number of sulfonamides is 1. The SMILES string of the molecule is CS(=O)(=O)NCC(=O)NCCCN1CCCCC1CO. The quantitative estimate of drug-likeness (QED) is 0.494. The van der Waals surface area contributed by atoms with Gasteiger partial charge in [0.05, 0.1) is 19.4 Å². The van der Waals surface area contributed by atoms with Crippen molar-refractivity contribution in [2.75, 3.05) is 39.0 Å². The summed E-state index contributed by atoms with van der Waals surface area (Å²) < 4.78 is 23.8. The highest BCUT2D eigenvalue weighted by atomic mass is 32.2. The molecule has 1 fully saturated rings. The van der Waals surface area contributed by atoms with Gasteiger partial charge in [0.15, 0.2) is 0 Å². The molecule has 1 heterocycles. The van der Waals surface area contributed by atoms with Crippen LogP contribution in [0.1, 0.15) is 25.7 Å². The fraction of sp³-hybridized carbons (Fsp3) is 0.917. The van der Waals surface area contributed by atoms with Crippen molar-refractivity contribution in [3.8, 4) is 0 Å². The molecule has 20 heavy (non-hydrogen) atoms. The van der Waals surface area contributed by atoms with Crippen LogP contribution in [0.15, 0.2) is 0 Å². The van der Waals surface area contributed by atoms with Crippen molar-refractivity contribution in [1.82, 2.24) is 14.9 Å². The molecule has 1 amide bonds. The van der Waals surface area contributed by atoms with Crippen LogP contribution in [-0.2, 0) is 14.8 Å². The molecule has 0 saturated carbocycles. The summed E-state index contributed by atoms with van der Waals surface area (Å²) in [5, 5.41) is 11.9. The summed E-state index contributed by atoms with van der Waals surface area (Å²) in [7, 11) is -3.32. The van der Waals surface area contributed by atoms with Crippen molar-refractivity contribution >= 4 is 15.9 Å². The van der Waals surface area contributed by atoms with Gasteiger partial charge in [-0.15, -0.1) is 0 Å². The molecule has 1 saturated heterocycles. The van der Waals surface area contributed by atoms with Gasteiger partial charge in [0, 0.05) is 19.1 Å². The van der Waals surface area contributed by atoms with Crippen LogP contribution in [-0.4, -0.2) is 69.4 Å². The number of piperidine rings is 1. The number of amides is 1. The number of carbonyl (C=O) groups excluding carboxylic acids is 1. The molecule has 0 aromatic rings. The molecule has 3 N–H and O–H groups in total. The van der Waals surface area contributed by atoms with Crippen molar-refractivity contribution in [2.24, 2.45) is 0 Å². The Morgan fingerprint density at radius 3 is 2.80 bits per heavy atom. The lowest BCUT2D eigenvalue weighted by Gasteiger charge is -2.34. The van der Waals surface area contributed by atoms with E-state index in [1.807, 2.05) is 0 Å². The first kappa shape index (κ1) is 17.4. The number of likely N-dealkylation sites (tertiary alicyclic amines) is 1. The third-order valence-corrected chi connectivity index (χ3v) is 4.07. The van der Waals surface area contributed by atoms with Gasteiger partial charge in [-0.05, 0) is 25.8 Å². The van der Waals surface area contributed by atoms with Gasteiger partial charge < -0.3 is 10.4 Å². The highest BCUT2D eigenvalue weighted by Crippen LogP contribution is 2.16. The molecule has 0 spiro atoms. The molecular weight excluding hydrogens is 282 g/mol. The number of aliphatic hydroxyl groups excluding tert-OH is 1. The minimum atomic E-state index is -3.32. The summed E-state index contributed by atoms with van der Waals surface area (Å²) in [6.07, 6.45) is 5.16. The molecule has 7 nitrogen and oxygen atoms in total. The van der Waals surface area contributed by atoms with Gasteiger partial charge >= 0.3 is 0 Å². The van der Waals surface area contributed by atoms with Gasteiger partial charge in [-0.25, -0.2) is 13.1 Å². The summed E-state index contributed by atoms with van der Waals surface area (Å²) >= 11 is 0. The van der Waals surface area contributed by atoms with Crippen LogP contribution >= 0.6 is 0 Å². The molecule has 118 valence electrons. The second-order valence-corrected chi connectivity index (χ2v) is 7.00. The number of hydrogen-bond donors (Lipinski definition) is 3. The average Bonchev–Trinajstić information content (AvgIpc) is 2.41. The highest BCUT2D eigenvalue weighted by molar-refractivity contribution is 7.88. The van der Waals surface area contributed by atoms with Gasteiger partial charge in [-0.2, -0.15) is 0 Å². The molecule has 1 unspecified atom stereocenters. The highest BCUT2D eigenvalue weighted by Gasteiger charge is 2.20. The van der Waals surface area contributed by atoms with E-state index in [0.29, 0.717) is 6.54 Å². The first-order valence-corrected chi connectivity index (χ1v) is 8.88. The molecule has 0 radical (unpaired) electrons. The van der Waals surface area contributed by atoms with E-state index < -0.39 is 10.0 Å². The molecular formula is C12H25N3O4S. The standard InChI is InChI=1S/C12H25N3O4S/c1-20(18,19)14-9-12(17)13-6-4-8-15-7-3-2-5-11(15)10-16/h11,14,16H,2-10H2,1H3,(H,13,17). The summed E-state index contributed by atoms with van der Waals surface area (Å²) in [5.41, 5.74) is 0. The van der Waals surface area contributed by atoms with Crippen LogP contribution in [0.5, 0.6) is 0 Å². The van der Waals surface area contributed by atoms with Gasteiger partial charge in [0.1, 0.15) is 0 Å². The Labute approximate surface area is 120 Å². The maximum atomic E-state index is 11.4. The molecule has 8 heteroatoms. The largest absolute Gasteiger partial charge is 0.395 e. The van der Waals surface area contributed by atoms with Crippen LogP contribution in [0.2, 0.25) is 0 Å². The van der Waals surface area contributed by atoms with Crippen molar-refractivity contribution < 1.29 is 18.3 Å². The Balaban J connectivity index is 2.13. The molecule has 0 aromatic carbocycles. The Hall–Kier alpha value is -0.700. The number of hydrogen-bond acceptors (Lipinski definition) is 5. The maximum Gasteiger partial charge on any atom is 0.235 e. The van der Waals surface area contributed by atoms with Crippen molar-refractivity contribution in [3.05, 3.63) is 0 Å². The van der Waals surface area contributed by atoms with E-state index in [2.05, 4.69) is 14.9 Å². The van der Waals surface area contributed by atoms with Gasteiger partial charge in [-0.1, -0.05) is 6.42 Å². The lowest BCUT2D eigenvalue weighted by molar-refractivity contribution is -0.119. The predicted octanol–water partition coefficient (Wildman–Crippen LogP) is -1.11. The fourth-order valence-corrected chi connectivity index (χ4v) is 2.72. The first-order valence-electron chi connectivity index (χ1n) is 6.98. The molecule has 0 aromatic heterocycles. The summed E-state index contributed by atoms with van der Waals surface area (Å²) in [6, 6.07) is 0.242. The number of aliphatic hydroxyl groups is 1. The maximum absolute atomic E-state index is 11.4. The third-order valence-electron chi connectivity index (χ3n) is 3.40. The second kappa shape index (κ2) is 8.56. The van der Waals surface area contributed by atoms with Gasteiger partial charge in [0.25, 0.3) is 0 Å². The molecule has 1 atom stereocenters. The minimum Gasteiger partial charge on any atom is -0.395 e. The Morgan fingerprint density at radius 2 is 2.15 bits per heavy atom. The summed E-state index contributed by atoms with van der Waals surface area (Å²) in [5.74, 6) is -0.326. The fourth-order valence-electron chi connectivity index (χ4n) is 2.33. The van der Waals surface area contributed by atoms with E-state index in [0.717, 1.165) is 45.0 Å². The van der Waals surface area contributed by atoms with Crippen molar-refractivity contribution in [1.29, 1.82) is 0 Å². The zero-order valence-corrected chi connectivity index (χ0v) is 12.8. The van der Waals surface area contributed by atoms with Crippen LogP contribution in [0.4, 0.5) is 0 Å². The van der Waals surface area contributed by atoms with E-state index in [1.165, 1.54) is 0 Å². The number of rotatable bonds is 8. The van der Waals surface area contributed by atoms with Crippen LogP contribution in [0, 0.1) is 0 Å². The lowest BCUT2D eigenvalue weighted by Crippen LogP contribution is -2.43. The zero-order valence-electron chi connectivity index (χ0n) is 12.0. The van der Waals surface area contributed by atoms with Crippen molar-refractivity contribution in [2.45, 2.75) is 31.7 Å². The monoisotopic (exact) mass is 307 g/mol. The average molecular weight is 307 g/mol. The number of nitrogens with one attached hydrogen (secondary N) is 2. The van der Waals surface area contributed by atoms with E-state index >= 15 is 0 Å². The second-order valence-electron chi connectivity index (χ2n) is 5.16. The molecule has 0 bridgehead atoms. The topological polar surface area (TPSA) is 98.7 Å². The molecule has 1 aliphatic rings. The van der Waals surface area contributed by atoms with E-state index in [9.17, 15) is 18.3 Å². The Kier molecular flexibility index (Phi) is 7.42. The van der Waals surface area contributed by atoms with E-state index in [1.54, 1.807) is 0 Å². The Morgan fingerprint density at radius 1 is 1.40 bits per heavy atom. The van der Waals surface area contributed by atoms with E-state index in [-0.39, 0.29) is 25.1 Å². The Bertz CT molecular complexity index is 400. The summed E-state index contributed by atoms with van der Waals surface area (Å²) in [6.45, 7) is 2.31. The number of carbonyl (C=O) groups is 1. The molecule has 1 aliphatic heterocycles. The minimum absolute atomic E-state index is 0.185. The van der Waals surface area contributed by atoms with Gasteiger partial charge in [0.2, 0.25) is 15.9 Å². The van der Waals surface area contributed by atoms with Crippen LogP contribution in [0.25, 0.3) is 0 Å². The molecule has 1 rings (SSSR count). The smallest absolute Gasteiger partial charge is 0.235 e. The van der Waals surface area contributed by atoms with Crippen molar-refractivity contribution in [3.63, 3.8) is 0 Å².